The normalized spacial score (nSPS) is 18.3. The third kappa shape index (κ3) is 2.00. The molecule has 82 valence electrons. The number of methoxy groups -OCH3 is 1. The maximum Gasteiger partial charge on any atom is 0.119 e. The molecule has 15 heavy (non-hydrogen) atoms. The fraction of sp³-hybridized carbons (Fsp3) is 0.538. The van der Waals surface area contributed by atoms with Crippen LogP contribution in [0.5, 0.6) is 5.75 Å². The molecule has 2 rings (SSSR count). The Morgan fingerprint density at radius 2 is 2.13 bits per heavy atom. The summed E-state index contributed by atoms with van der Waals surface area (Å²) in [6, 6.07) is 5.89. The monoisotopic (exact) mass is 206 g/mol. The van der Waals surface area contributed by atoms with E-state index in [1.165, 1.54) is 6.42 Å². The van der Waals surface area contributed by atoms with Gasteiger partial charge in [-0.25, -0.2) is 0 Å². The van der Waals surface area contributed by atoms with E-state index in [2.05, 4.69) is 0 Å². The maximum atomic E-state index is 10.1. The fourth-order valence-electron chi connectivity index (χ4n) is 2.12. The topological polar surface area (TPSA) is 29.5 Å². The summed E-state index contributed by atoms with van der Waals surface area (Å²) in [5.41, 5.74) is 2.18. The number of aliphatic hydroxyl groups excluding tert-OH is 1. The van der Waals surface area contributed by atoms with E-state index in [9.17, 15) is 5.11 Å². The minimum atomic E-state index is -0.287. The summed E-state index contributed by atoms with van der Waals surface area (Å²) in [4.78, 5) is 0. The summed E-state index contributed by atoms with van der Waals surface area (Å²) in [6.07, 6.45) is 3.29. The van der Waals surface area contributed by atoms with Crippen LogP contribution in [0.25, 0.3) is 0 Å². The van der Waals surface area contributed by atoms with E-state index >= 15 is 0 Å². The second kappa shape index (κ2) is 4.23. The Morgan fingerprint density at radius 1 is 1.40 bits per heavy atom. The van der Waals surface area contributed by atoms with Crippen molar-refractivity contribution in [1.82, 2.24) is 0 Å². The molecule has 1 aromatic carbocycles. The molecule has 2 heteroatoms. The molecule has 0 radical (unpaired) electrons. The Hall–Kier alpha value is -1.02. The van der Waals surface area contributed by atoms with Crippen molar-refractivity contribution in [2.24, 2.45) is 5.92 Å². The fourth-order valence-corrected chi connectivity index (χ4v) is 2.12. The summed E-state index contributed by atoms with van der Waals surface area (Å²) >= 11 is 0. The first-order valence-electron chi connectivity index (χ1n) is 5.55. The molecule has 1 fully saturated rings. The molecule has 1 N–H and O–H groups in total. The Balaban J connectivity index is 2.19. The highest BCUT2D eigenvalue weighted by molar-refractivity contribution is 5.36. The Kier molecular flexibility index (Phi) is 2.96. The third-order valence-corrected chi connectivity index (χ3v) is 3.39. The van der Waals surface area contributed by atoms with Crippen molar-refractivity contribution in [1.29, 1.82) is 0 Å². The lowest BCUT2D eigenvalue weighted by atomic mass is 9.78. The number of aliphatic hydroxyl groups is 1. The molecule has 1 aromatic rings. The molecule has 2 nitrogen and oxygen atoms in total. The molecule has 0 saturated heterocycles. The number of ether oxygens (including phenoxy) is 1. The lowest BCUT2D eigenvalue weighted by Crippen LogP contribution is -2.20. The lowest BCUT2D eigenvalue weighted by molar-refractivity contribution is 0.0616. The van der Waals surface area contributed by atoms with Gasteiger partial charge >= 0.3 is 0 Å². The van der Waals surface area contributed by atoms with Crippen molar-refractivity contribution >= 4 is 0 Å². The second-order valence-corrected chi connectivity index (χ2v) is 4.36. The Bertz CT molecular complexity index is 342. The van der Waals surface area contributed by atoms with Gasteiger partial charge in [0, 0.05) is 0 Å². The molecule has 0 bridgehead atoms. The van der Waals surface area contributed by atoms with Gasteiger partial charge in [0.15, 0.2) is 0 Å². The number of benzene rings is 1. The van der Waals surface area contributed by atoms with Crippen molar-refractivity contribution in [2.75, 3.05) is 7.11 Å². The highest BCUT2D eigenvalue weighted by Gasteiger charge is 2.27. The highest BCUT2D eigenvalue weighted by Crippen LogP contribution is 2.39. The maximum absolute atomic E-state index is 10.1. The van der Waals surface area contributed by atoms with Gasteiger partial charge in [-0.15, -0.1) is 0 Å². The summed E-state index contributed by atoms with van der Waals surface area (Å²) in [7, 11) is 1.66. The zero-order valence-electron chi connectivity index (χ0n) is 9.36. The van der Waals surface area contributed by atoms with Gasteiger partial charge in [-0.3, -0.25) is 0 Å². The van der Waals surface area contributed by atoms with Gasteiger partial charge in [-0.1, -0.05) is 12.5 Å². The highest BCUT2D eigenvalue weighted by atomic mass is 16.5. The predicted molar refractivity (Wildman–Crippen MR) is 60.0 cm³/mol. The van der Waals surface area contributed by atoms with Gasteiger partial charge in [0.25, 0.3) is 0 Å². The Morgan fingerprint density at radius 3 is 2.60 bits per heavy atom. The van der Waals surface area contributed by atoms with E-state index < -0.39 is 0 Å². The van der Waals surface area contributed by atoms with Crippen molar-refractivity contribution in [3.8, 4) is 5.75 Å². The molecule has 0 aromatic heterocycles. The van der Waals surface area contributed by atoms with Crippen LogP contribution in [-0.4, -0.2) is 12.2 Å². The molecule has 0 heterocycles. The van der Waals surface area contributed by atoms with E-state index in [1.807, 2.05) is 25.1 Å². The lowest BCUT2D eigenvalue weighted by Gasteiger charge is -2.31. The minimum Gasteiger partial charge on any atom is -0.497 e. The molecular weight excluding hydrogens is 188 g/mol. The molecular formula is C13H18O2. The number of hydrogen-bond donors (Lipinski definition) is 1. The van der Waals surface area contributed by atoms with E-state index in [-0.39, 0.29) is 6.10 Å². The summed E-state index contributed by atoms with van der Waals surface area (Å²) in [5, 5.41) is 10.1. The van der Waals surface area contributed by atoms with Gasteiger partial charge in [0.1, 0.15) is 5.75 Å². The molecule has 1 aliphatic carbocycles. The van der Waals surface area contributed by atoms with Crippen molar-refractivity contribution in [3.05, 3.63) is 29.3 Å². The van der Waals surface area contributed by atoms with Crippen LogP contribution in [0, 0.1) is 12.8 Å². The number of aryl methyl sites for hydroxylation is 1. The van der Waals surface area contributed by atoms with Crippen LogP contribution < -0.4 is 4.74 Å². The van der Waals surface area contributed by atoms with E-state index in [4.69, 9.17) is 4.74 Å². The first-order valence-corrected chi connectivity index (χ1v) is 5.55. The smallest absolute Gasteiger partial charge is 0.119 e. The van der Waals surface area contributed by atoms with Gasteiger partial charge in [-0.2, -0.15) is 0 Å². The van der Waals surface area contributed by atoms with Crippen LogP contribution in [-0.2, 0) is 0 Å². The third-order valence-electron chi connectivity index (χ3n) is 3.39. The first kappa shape index (κ1) is 10.5. The van der Waals surface area contributed by atoms with Crippen LogP contribution in [0.3, 0.4) is 0 Å². The van der Waals surface area contributed by atoms with Crippen LogP contribution in [0.15, 0.2) is 18.2 Å². The predicted octanol–water partition coefficient (Wildman–Crippen LogP) is 2.84. The van der Waals surface area contributed by atoms with Crippen LogP contribution in [0.2, 0.25) is 0 Å². The van der Waals surface area contributed by atoms with Crippen molar-refractivity contribution in [2.45, 2.75) is 32.3 Å². The number of rotatable bonds is 3. The quantitative estimate of drug-likeness (QED) is 0.824. The van der Waals surface area contributed by atoms with Crippen molar-refractivity contribution in [3.63, 3.8) is 0 Å². The zero-order chi connectivity index (χ0) is 10.8. The van der Waals surface area contributed by atoms with E-state index in [0.717, 1.165) is 29.7 Å². The van der Waals surface area contributed by atoms with Gasteiger partial charge in [-0.05, 0) is 48.9 Å². The van der Waals surface area contributed by atoms with Crippen LogP contribution >= 0.6 is 0 Å². The average molecular weight is 206 g/mol. The molecule has 1 unspecified atom stereocenters. The average Bonchev–Trinajstić information content (AvgIpc) is 2.14. The standard InChI is InChI=1S/C13H18O2/c1-9-8-11(15-2)6-7-12(9)13(14)10-4-3-5-10/h6-8,10,13-14H,3-5H2,1-2H3. The van der Waals surface area contributed by atoms with E-state index in [1.54, 1.807) is 7.11 Å². The second-order valence-electron chi connectivity index (χ2n) is 4.36. The largest absolute Gasteiger partial charge is 0.497 e. The molecule has 0 aliphatic heterocycles. The molecule has 0 spiro atoms. The minimum absolute atomic E-state index is 0.287. The summed E-state index contributed by atoms with van der Waals surface area (Å²) in [6.45, 7) is 2.03. The zero-order valence-corrected chi connectivity index (χ0v) is 9.36. The molecule has 0 amide bonds. The van der Waals surface area contributed by atoms with Gasteiger partial charge in [0.2, 0.25) is 0 Å². The van der Waals surface area contributed by atoms with Gasteiger partial charge in [0.05, 0.1) is 13.2 Å². The van der Waals surface area contributed by atoms with Crippen LogP contribution in [0.1, 0.15) is 36.5 Å². The van der Waals surface area contributed by atoms with Gasteiger partial charge < -0.3 is 9.84 Å². The molecule has 1 atom stereocenters. The SMILES string of the molecule is COc1ccc(C(O)C2CCC2)c(C)c1. The van der Waals surface area contributed by atoms with E-state index in [0.29, 0.717) is 5.92 Å². The first-order chi connectivity index (χ1) is 7.22. The van der Waals surface area contributed by atoms with Crippen molar-refractivity contribution < 1.29 is 9.84 Å². The molecule has 1 aliphatic rings. The Labute approximate surface area is 90.9 Å². The summed E-state index contributed by atoms with van der Waals surface area (Å²) < 4.78 is 5.15. The van der Waals surface area contributed by atoms with Crippen LogP contribution in [0.4, 0.5) is 0 Å². The molecule has 1 saturated carbocycles. The summed E-state index contributed by atoms with van der Waals surface area (Å²) in [5.74, 6) is 1.33. The number of hydrogen-bond acceptors (Lipinski definition) is 2.